The number of carbonyl (C=O) groups is 2. The average Bonchev–Trinajstić information content (AvgIpc) is 2.88. The van der Waals surface area contributed by atoms with Gasteiger partial charge in [0.25, 0.3) is 5.91 Å². The summed E-state index contributed by atoms with van der Waals surface area (Å²) in [6, 6.07) is 7.50. The van der Waals surface area contributed by atoms with Gasteiger partial charge in [-0.1, -0.05) is 40.7 Å². The molecule has 1 amide bonds. The molecule has 0 unspecified atom stereocenters. The minimum Gasteiger partial charge on any atom is -0.496 e. The Hall–Kier alpha value is -3.61. The zero-order valence-corrected chi connectivity index (χ0v) is 25.8. The van der Waals surface area contributed by atoms with Crippen molar-refractivity contribution in [1.29, 1.82) is 0 Å². The quantitative estimate of drug-likeness (QED) is 0.428. The van der Waals surface area contributed by atoms with Crippen LogP contribution in [0.4, 0.5) is 0 Å². The van der Waals surface area contributed by atoms with Crippen molar-refractivity contribution < 1.29 is 24.2 Å². The molecule has 1 aromatic carbocycles. The van der Waals surface area contributed by atoms with Crippen LogP contribution in [0.2, 0.25) is 0 Å². The fraction of sp³-hybridized carbons (Fsp3) is 0.500. The number of methoxy groups -OCH3 is 1. The molecule has 41 heavy (non-hydrogen) atoms. The number of aromatic nitrogens is 1. The number of hydrogen-bond donors (Lipinski definition) is 1. The molecule has 0 bridgehead atoms. The van der Waals surface area contributed by atoms with Gasteiger partial charge < -0.3 is 19.5 Å². The third-order valence-corrected chi connectivity index (χ3v) is 9.21. The van der Waals surface area contributed by atoms with Crippen LogP contribution in [0, 0.1) is 24.7 Å². The Balaban J connectivity index is 1.76. The van der Waals surface area contributed by atoms with E-state index in [2.05, 4.69) is 39.6 Å². The lowest BCUT2D eigenvalue weighted by Crippen LogP contribution is -2.50. The van der Waals surface area contributed by atoms with Crippen molar-refractivity contribution >= 4 is 11.9 Å². The van der Waals surface area contributed by atoms with E-state index >= 15 is 0 Å². The molecule has 0 radical (unpaired) electrons. The Morgan fingerprint density at radius 3 is 2.49 bits per heavy atom. The van der Waals surface area contributed by atoms with E-state index in [9.17, 15) is 14.7 Å². The lowest BCUT2D eigenvalue weighted by molar-refractivity contribution is -0.132. The second-order valence-corrected chi connectivity index (χ2v) is 13.7. The number of carboxylic acids is 1. The number of aryl methyl sites for hydroxylation is 1. The van der Waals surface area contributed by atoms with Crippen LogP contribution in [0.1, 0.15) is 93.4 Å². The molecule has 1 N–H and O–H groups in total. The fourth-order valence-corrected chi connectivity index (χ4v) is 6.85. The highest BCUT2D eigenvalue weighted by Crippen LogP contribution is 2.55. The summed E-state index contributed by atoms with van der Waals surface area (Å²) in [5.74, 6) is 1.05. The minimum atomic E-state index is -1.06. The Labute approximate surface area is 243 Å². The summed E-state index contributed by atoms with van der Waals surface area (Å²) >= 11 is 0. The topological polar surface area (TPSA) is 89.0 Å². The standard InChI is InChI=1S/C34H42N2O5/c1-18-10-12-22(35-30(18)32(38)39)20-11-13-23(40-9)27(19(20)2)28-21-14-15-34(6,7)17-25(21)41-24-16-26(33(3,4)5)36(8)31(37)29(24)28/h10-13,26,28H,14-17H2,1-9H3,(H,38,39)/t26-,28+/m0/s1. The summed E-state index contributed by atoms with van der Waals surface area (Å²) in [6.07, 6.45) is 3.27. The first-order chi connectivity index (χ1) is 19.1. The smallest absolute Gasteiger partial charge is 0.354 e. The van der Waals surface area contributed by atoms with E-state index < -0.39 is 5.97 Å². The number of carbonyl (C=O) groups excluding carboxylic acids is 1. The second-order valence-electron chi connectivity index (χ2n) is 13.7. The number of allylic oxidation sites excluding steroid dienone is 2. The lowest BCUT2D eigenvalue weighted by Gasteiger charge is -2.47. The monoisotopic (exact) mass is 558 g/mol. The molecule has 2 atom stereocenters. The van der Waals surface area contributed by atoms with E-state index in [1.807, 2.05) is 37.1 Å². The largest absolute Gasteiger partial charge is 0.496 e. The van der Waals surface area contributed by atoms with E-state index in [-0.39, 0.29) is 34.4 Å². The Kier molecular flexibility index (Phi) is 7.07. The third-order valence-electron chi connectivity index (χ3n) is 9.21. The Morgan fingerprint density at radius 2 is 1.85 bits per heavy atom. The molecule has 7 heteroatoms. The number of aromatic carboxylic acids is 1. The van der Waals surface area contributed by atoms with Gasteiger partial charge in [0.1, 0.15) is 17.3 Å². The maximum atomic E-state index is 14.3. The molecule has 7 nitrogen and oxygen atoms in total. The van der Waals surface area contributed by atoms with Gasteiger partial charge in [0.05, 0.1) is 18.4 Å². The van der Waals surface area contributed by atoms with Gasteiger partial charge in [0, 0.05) is 43.0 Å². The summed E-state index contributed by atoms with van der Waals surface area (Å²) in [5, 5.41) is 9.73. The van der Waals surface area contributed by atoms with E-state index in [0.29, 0.717) is 29.0 Å². The Morgan fingerprint density at radius 1 is 1.15 bits per heavy atom. The van der Waals surface area contributed by atoms with Gasteiger partial charge in [0.2, 0.25) is 0 Å². The number of ether oxygens (including phenoxy) is 2. The lowest BCUT2D eigenvalue weighted by atomic mass is 9.68. The number of nitrogens with zero attached hydrogens (tertiary/aromatic N) is 2. The molecule has 3 aliphatic rings. The zero-order valence-electron chi connectivity index (χ0n) is 25.8. The van der Waals surface area contributed by atoms with Gasteiger partial charge in [0.15, 0.2) is 5.69 Å². The number of amides is 1. The van der Waals surface area contributed by atoms with Crippen molar-refractivity contribution in [3.63, 3.8) is 0 Å². The van der Waals surface area contributed by atoms with Crippen LogP contribution in [-0.4, -0.2) is 47.1 Å². The minimum absolute atomic E-state index is 0.00803. The molecule has 0 saturated carbocycles. The van der Waals surface area contributed by atoms with Crippen LogP contribution >= 0.6 is 0 Å². The first-order valence-corrected chi connectivity index (χ1v) is 14.4. The van der Waals surface area contributed by atoms with Crippen LogP contribution in [0.3, 0.4) is 0 Å². The highest BCUT2D eigenvalue weighted by atomic mass is 16.5. The first kappa shape index (κ1) is 28.9. The molecule has 5 rings (SSSR count). The molecule has 1 aliphatic carbocycles. The number of likely N-dealkylation sites (N-methyl/N-ethyl adjacent to an activating group) is 1. The average molecular weight is 559 g/mol. The normalized spacial score (nSPS) is 22.3. The Bertz CT molecular complexity index is 1510. The third kappa shape index (κ3) is 4.93. The summed E-state index contributed by atoms with van der Waals surface area (Å²) in [4.78, 5) is 32.6. The summed E-state index contributed by atoms with van der Waals surface area (Å²) in [6.45, 7) is 14.8. The van der Waals surface area contributed by atoms with Crippen LogP contribution in [0.5, 0.6) is 5.75 Å². The summed E-state index contributed by atoms with van der Waals surface area (Å²) < 4.78 is 12.7. The van der Waals surface area contributed by atoms with Gasteiger partial charge >= 0.3 is 5.97 Å². The van der Waals surface area contributed by atoms with Crippen molar-refractivity contribution in [2.24, 2.45) is 10.8 Å². The van der Waals surface area contributed by atoms with Crippen molar-refractivity contribution in [1.82, 2.24) is 9.88 Å². The van der Waals surface area contributed by atoms with Gasteiger partial charge in [-0.15, -0.1) is 0 Å². The zero-order chi connectivity index (χ0) is 30.0. The predicted octanol–water partition coefficient (Wildman–Crippen LogP) is 7.18. The van der Waals surface area contributed by atoms with E-state index in [4.69, 9.17) is 9.47 Å². The van der Waals surface area contributed by atoms with Crippen molar-refractivity contribution in [2.75, 3.05) is 14.2 Å². The van der Waals surface area contributed by atoms with Crippen LogP contribution < -0.4 is 4.74 Å². The van der Waals surface area contributed by atoms with Gasteiger partial charge in [-0.3, -0.25) is 4.79 Å². The summed E-state index contributed by atoms with van der Waals surface area (Å²) in [5.41, 5.74) is 5.68. The van der Waals surface area contributed by atoms with E-state index in [1.165, 1.54) is 0 Å². The van der Waals surface area contributed by atoms with Gasteiger partial charge in [-0.25, -0.2) is 9.78 Å². The molecule has 0 saturated heterocycles. The maximum Gasteiger partial charge on any atom is 0.354 e. The van der Waals surface area contributed by atoms with Crippen LogP contribution in [0.25, 0.3) is 11.3 Å². The number of benzene rings is 1. The maximum absolute atomic E-state index is 14.3. The highest BCUT2D eigenvalue weighted by molar-refractivity contribution is 5.98. The number of pyridine rings is 1. The number of hydrogen-bond acceptors (Lipinski definition) is 5. The van der Waals surface area contributed by atoms with E-state index in [1.54, 1.807) is 20.1 Å². The first-order valence-electron chi connectivity index (χ1n) is 14.4. The molecule has 3 heterocycles. The SMILES string of the molecule is COc1ccc(-c2ccc(C)c(C(=O)O)n2)c(C)c1[C@H]1C2=C(CC(C)(C)CC2)OC2=C1C(=O)N(C)[C@H](C(C)(C)C)C2. The molecule has 0 spiro atoms. The van der Waals surface area contributed by atoms with Gasteiger partial charge in [-0.05, 0) is 72.4 Å². The van der Waals surface area contributed by atoms with Crippen molar-refractivity contribution in [3.05, 3.63) is 69.3 Å². The highest BCUT2D eigenvalue weighted by Gasteiger charge is 2.48. The predicted molar refractivity (Wildman–Crippen MR) is 159 cm³/mol. The van der Waals surface area contributed by atoms with Crippen LogP contribution in [0.15, 0.2) is 46.9 Å². The van der Waals surface area contributed by atoms with E-state index in [0.717, 1.165) is 53.0 Å². The molecule has 2 aromatic rings. The van der Waals surface area contributed by atoms with Crippen molar-refractivity contribution in [3.8, 4) is 17.0 Å². The molecular formula is C34H42N2O5. The van der Waals surface area contributed by atoms with Gasteiger partial charge in [-0.2, -0.15) is 0 Å². The number of rotatable bonds is 4. The second kappa shape index (κ2) is 10.0. The summed E-state index contributed by atoms with van der Waals surface area (Å²) in [7, 11) is 3.56. The molecular weight excluding hydrogens is 516 g/mol. The molecule has 0 fully saturated rings. The van der Waals surface area contributed by atoms with Crippen molar-refractivity contribution in [2.45, 2.75) is 86.1 Å². The fourth-order valence-electron chi connectivity index (χ4n) is 6.85. The van der Waals surface area contributed by atoms with Crippen LogP contribution in [-0.2, 0) is 9.53 Å². The molecule has 218 valence electrons. The molecule has 1 aromatic heterocycles. The number of carboxylic acid groups (broad SMARTS) is 1. The molecule has 2 aliphatic heterocycles.